The van der Waals surface area contributed by atoms with Gasteiger partial charge in [-0.2, -0.15) is 0 Å². The van der Waals surface area contributed by atoms with E-state index in [0.29, 0.717) is 19.6 Å². The summed E-state index contributed by atoms with van der Waals surface area (Å²) in [7, 11) is -3.12. The molecule has 0 radical (unpaired) electrons. The second kappa shape index (κ2) is 7.44. The van der Waals surface area contributed by atoms with Gasteiger partial charge in [0.05, 0.1) is 5.75 Å². The van der Waals surface area contributed by atoms with Crippen LogP contribution in [0.5, 0.6) is 0 Å². The van der Waals surface area contributed by atoms with Crippen LogP contribution in [0, 0.1) is 0 Å². The molecule has 8 heteroatoms. The minimum absolute atomic E-state index is 0.0210. The Bertz CT molecular complexity index is 414. The maximum atomic E-state index is 11.8. The molecule has 1 aliphatic heterocycles. The number of nitrogens with zero attached hydrogens (tertiary/aromatic N) is 1. The lowest BCUT2D eigenvalue weighted by Gasteiger charge is -2.19. The standard InChI is InChI=1S/C11H21N3O4S/c1-2-19(17,18)9-6-13-10(15)11(16)14-7-3-4-12-5-8-14/h12H,2-9H2,1H3,(H,13,15). The summed E-state index contributed by atoms with van der Waals surface area (Å²) in [5.41, 5.74) is 0. The van der Waals surface area contributed by atoms with Crippen LogP contribution < -0.4 is 10.6 Å². The average Bonchev–Trinajstić information content (AvgIpc) is 2.66. The smallest absolute Gasteiger partial charge is 0.311 e. The lowest BCUT2D eigenvalue weighted by molar-refractivity contribution is -0.145. The molecule has 0 aromatic carbocycles. The van der Waals surface area contributed by atoms with E-state index in [2.05, 4.69) is 10.6 Å². The van der Waals surface area contributed by atoms with E-state index < -0.39 is 21.7 Å². The Balaban J connectivity index is 2.38. The molecule has 0 spiro atoms. The van der Waals surface area contributed by atoms with Crippen LogP contribution >= 0.6 is 0 Å². The molecule has 1 aliphatic rings. The van der Waals surface area contributed by atoms with Gasteiger partial charge in [-0.1, -0.05) is 6.92 Å². The average molecular weight is 291 g/mol. The largest absolute Gasteiger partial charge is 0.347 e. The van der Waals surface area contributed by atoms with Gasteiger partial charge in [0.1, 0.15) is 0 Å². The fourth-order valence-electron chi connectivity index (χ4n) is 1.73. The number of amides is 2. The van der Waals surface area contributed by atoms with Crippen LogP contribution in [0.4, 0.5) is 0 Å². The van der Waals surface area contributed by atoms with Gasteiger partial charge in [0.2, 0.25) is 0 Å². The summed E-state index contributed by atoms with van der Waals surface area (Å²) in [6.45, 7) is 4.08. The van der Waals surface area contributed by atoms with Gasteiger partial charge in [0, 0.05) is 31.9 Å². The van der Waals surface area contributed by atoms with E-state index in [1.165, 1.54) is 4.90 Å². The van der Waals surface area contributed by atoms with Crippen molar-refractivity contribution < 1.29 is 18.0 Å². The van der Waals surface area contributed by atoms with Gasteiger partial charge in [-0.3, -0.25) is 9.59 Å². The highest BCUT2D eigenvalue weighted by Crippen LogP contribution is 1.96. The quantitative estimate of drug-likeness (QED) is 0.606. The van der Waals surface area contributed by atoms with Crippen LogP contribution in [-0.2, 0) is 19.4 Å². The highest BCUT2D eigenvalue weighted by atomic mass is 32.2. The molecule has 0 aromatic rings. The van der Waals surface area contributed by atoms with E-state index in [1.807, 2.05) is 0 Å². The number of carbonyl (C=O) groups is 2. The van der Waals surface area contributed by atoms with Crippen LogP contribution in [0.25, 0.3) is 0 Å². The first-order valence-corrected chi connectivity index (χ1v) is 8.26. The third-order valence-electron chi connectivity index (χ3n) is 2.96. The topological polar surface area (TPSA) is 95.6 Å². The van der Waals surface area contributed by atoms with Gasteiger partial charge < -0.3 is 15.5 Å². The maximum absolute atomic E-state index is 11.8. The third-order valence-corrected chi connectivity index (χ3v) is 4.67. The van der Waals surface area contributed by atoms with Crippen molar-refractivity contribution in [2.45, 2.75) is 13.3 Å². The first-order valence-electron chi connectivity index (χ1n) is 6.44. The second-order valence-corrected chi connectivity index (χ2v) is 6.86. The molecule has 0 bridgehead atoms. The van der Waals surface area contributed by atoms with Crippen molar-refractivity contribution in [1.29, 1.82) is 0 Å². The Morgan fingerprint density at radius 3 is 2.68 bits per heavy atom. The van der Waals surface area contributed by atoms with Crippen LogP contribution in [0.2, 0.25) is 0 Å². The zero-order chi connectivity index (χ0) is 14.3. The normalized spacial score (nSPS) is 16.8. The van der Waals surface area contributed by atoms with Crippen LogP contribution in [0.3, 0.4) is 0 Å². The summed E-state index contributed by atoms with van der Waals surface area (Å²) in [6.07, 6.45) is 0.809. The van der Waals surface area contributed by atoms with Gasteiger partial charge in [0.15, 0.2) is 9.84 Å². The summed E-state index contributed by atoms with van der Waals surface area (Å²) in [6, 6.07) is 0. The van der Waals surface area contributed by atoms with E-state index >= 15 is 0 Å². The number of rotatable bonds is 4. The highest BCUT2D eigenvalue weighted by Gasteiger charge is 2.22. The second-order valence-electron chi connectivity index (χ2n) is 4.39. The number of sulfone groups is 1. The van der Waals surface area contributed by atoms with Crippen molar-refractivity contribution in [2.75, 3.05) is 44.2 Å². The zero-order valence-corrected chi connectivity index (χ0v) is 12.0. The fraction of sp³-hybridized carbons (Fsp3) is 0.818. The Labute approximate surface area is 113 Å². The molecule has 0 aliphatic carbocycles. The fourth-order valence-corrected chi connectivity index (χ4v) is 2.43. The molecule has 7 nitrogen and oxygen atoms in total. The summed E-state index contributed by atoms with van der Waals surface area (Å²) < 4.78 is 22.5. The van der Waals surface area contributed by atoms with E-state index in [1.54, 1.807) is 6.92 Å². The Kier molecular flexibility index (Phi) is 6.23. The van der Waals surface area contributed by atoms with E-state index in [-0.39, 0.29) is 18.1 Å². The lowest BCUT2D eigenvalue weighted by atomic mass is 10.3. The van der Waals surface area contributed by atoms with Gasteiger partial charge >= 0.3 is 11.8 Å². The Morgan fingerprint density at radius 2 is 2.00 bits per heavy atom. The Morgan fingerprint density at radius 1 is 1.26 bits per heavy atom. The minimum atomic E-state index is -3.12. The van der Waals surface area contributed by atoms with Crippen molar-refractivity contribution in [3.8, 4) is 0 Å². The Hall–Kier alpha value is -1.15. The minimum Gasteiger partial charge on any atom is -0.347 e. The summed E-state index contributed by atoms with van der Waals surface area (Å²) in [4.78, 5) is 24.9. The van der Waals surface area contributed by atoms with E-state index in [0.717, 1.165) is 13.0 Å². The van der Waals surface area contributed by atoms with Crippen molar-refractivity contribution in [3.05, 3.63) is 0 Å². The molecule has 19 heavy (non-hydrogen) atoms. The van der Waals surface area contributed by atoms with Crippen molar-refractivity contribution in [3.63, 3.8) is 0 Å². The summed E-state index contributed by atoms with van der Waals surface area (Å²) >= 11 is 0. The van der Waals surface area contributed by atoms with Crippen molar-refractivity contribution >= 4 is 21.7 Å². The maximum Gasteiger partial charge on any atom is 0.311 e. The number of carbonyl (C=O) groups excluding carboxylic acids is 2. The van der Waals surface area contributed by atoms with Crippen LogP contribution in [0.15, 0.2) is 0 Å². The lowest BCUT2D eigenvalue weighted by Crippen LogP contribution is -2.45. The first-order chi connectivity index (χ1) is 8.96. The van der Waals surface area contributed by atoms with Crippen molar-refractivity contribution in [1.82, 2.24) is 15.5 Å². The molecule has 1 fully saturated rings. The molecule has 1 rings (SSSR count). The molecule has 0 unspecified atom stereocenters. The SMILES string of the molecule is CCS(=O)(=O)CCNC(=O)C(=O)N1CCCNCC1. The molecule has 1 heterocycles. The van der Waals surface area contributed by atoms with Gasteiger partial charge in [-0.05, 0) is 13.0 Å². The molecular formula is C11H21N3O4S. The van der Waals surface area contributed by atoms with Gasteiger partial charge in [-0.25, -0.2) is 8.42 Å². The molecule has 0 aromatic heterocycles. The number of hydrogen-bond acceptors (Lipinski definition) is 5. The van der Waals surface area contributed by atoms with Crippen LogP contribution in [0.1, 0.15) is 13.3 Å². The number of nitrogens with one attached hydrogen (secondary N) is 2. The molecule has 2 amide bonds. The van der Waals surface area contributed by atoms with Gasteiger partial charge in [-0.15, -0.1) is 0 Å². The summed E-state index contributed by atoms with van der Waals surface area (Å²) in [5, 5.41) is 5.50. The van der Waals surface area contributed by atoms with E-state index in [9.17, 15) is 18.0 Å². The predicted molar refractivity (Wildman–Crippen MR) is 71.4 cm³/mol. The summed E-state index contributed by atoms with van der Waals surface area (Å²) in [5.74, 6) is -1.41. The van der Waals surface area contributed by atoms with Gasteiger partial charge in [0.25, 0.3) is 0 Å². The number of hydrogen-bond donors (Lipinski definition) is 2. The molecule has 2 N–H and O–H groups in total. The molecule has 0 saturated carbocycles. The molecule has 1 saturated heterocycles. The van der Waals surface area contributed by atoms with E-state index in [4.69, 9.17) is 0 Å². The van der Waals surface area contributed by atoms with Crippen molar-refractivity contribution in [2.24, 2.45) is 0 Å². The third kappa shape index (κ3) is 5.56. The van der Waals surface area contributed by atoms with Crippen LogP contribution in [-0.4, -0.2) is 69.4 Å². The monoisotopic (exact) mass is 291 g/mol. The highest BCUT2D eigenvalue weighted by molar-refractivity contribution is 7.91. The first kappa shape index (κ1) is 15.9. The molecule has 0 atom stereocenters. The molecule has 110 valence electrons. The molecular weight excluding hydrogens is 270 g/mol. The predicted octanol–water partition coefficient (Wildman–Crippen LogP) is -1.64. The zero-order valence-electron chi connectivity index (χ0n) is 11.1.